The number of carbonyl (C=O) groups is 1. The number of amides is 1. The Morgan fingerprint density at radius 2 is 1.94 bits per heavy atom. The quantitative estimate of drug-likeness (QED) is 0.823. The zero-order valence-electron chi connectivity index (χ0n) is 9.71. The molecular weight excluding hydrogens is 226 g/mol. The molecule has 0 saturated carbocycles. The fraction of sp³-hybridized carbons (Fsp3) is 0.417. The number of carbonyl (C=O) groups excluding carboxylic acids is 1. The van der Waals surface area contributed by atoms with Crippen LogP contribution in [0.5, 0.6) is 5.75 Å². The van der Waals surface area contributed by atoms with E-state index in [0.717, 1.165) is 5.75 Å². The van der Waals surface area contributed by atoms with E-state index in [4.69, 9.17) is 16.3 Å². The maximum atomic E-state index is 11.6. The molecule has 0 aromatic heterocycles. The molecule has 0 spiro atoms. The number of alkyl halides is 1. The zero-order chi connectivity index (χ0) is 12.2. The first-order chi connectivity index (χ1) is 7.43. The van der Waals surface area contributed by atoms with Crippen LogP contribution in [0.2, 0.25) is 0 Å². The van der Waals surface area contributed by atoms with Gasteiger partial charge < -0.3 is 10.1 Å². The highest BCUT2D eigenvalue weighted by Gasteiger charge is 2.23. The Labute approximate surface area is 101 Å². The first-order valence-electron chi connectivity index (χ1n) is 5.16. The van der Waals surface area contributed by atoms with E-state index in [1.165, 1.54) is 0 Å². The number of anilines is 1. The summed E-state index contributed by atoms with van der Waals surface area (Å²) in [4.78, 5) is 10.7. The second-order valence-electron chi connectivity index (χ2n) is 3.88. The van der Waals surface area contributed by atoms with Gasteiger partial charge in [0.15, 0.2) is 0 Å². The monoisotopic (exact) mass is 241 g/mol. The van der Waals surface area contributed by atoms with E-state index < -0.39 is 4.87 Å². The third-order valence-corrected chi connectivity index (χ3v) is 2.13. The second-order valence-corrected chi connectivity index (χ2v) is 4.83. The predicted octanol–water partition coefficient (Wildman–Crippen LogP) is 3.04. The second kappa shape index (κ2) is 5.21. The molecule has 1 amide bonds. The minimum absolute atomic E-state index is 0.224. The number of halogens is 1. The van der Waals surface area contributed by atoms with Crippen LogP contribution in [0, 0.1) is 0 Å². The molecular formula is C12H16ClNO2. The van der Waals surface area contributed by atoms with Crippen molar-refractivity contribution in [1.82, 2.24) is 0 Å². The van der Waals surface area contributed by atoms with Crippen LogP contribution in [0.25, 0.3) is 0 Å². The molecule has 0 unspecified atom stereocenters. The highest BCUT2D eigenvalue weighted by atomic mass is 35.5. The molecule has 4 heteroatoms. The summed E-state index contributed by atoms with van der Waals surface area (Å²) in [5, 5.41) is 2.72. The normalized spacial score (nSPS) is 11.0. The molecule has 16 heavy (non-hydrogen) atoms. The lowest BCUT2D eigenvalue weighted by Crippen LogP contribution is -2.31. The molecule has 0 fully saturated rings. The molecule has 0 atom stereocenters. The lowest BCUT2D eigenvalue weighted by Gasteiger charge is -2.15. The summed E-state index contributed by atoms with van der Waals surface area (Å²) in [6, 6.07) is 7.18. The third kappa shape index (κ3) is 3.74. The number of hydrogen-bond acceptors (Lipinski definition) is 2. The molecule has 1 aromatic carbocycles. The van der Waals surface area contributed by atoms with Gasteiger partial charge in [-0.3, -0.25) is 4.79 Å². The van der Waals surface area contributed by atoms with E-state index in [2.05, 4.69) is 5.32 Å². The van der Waals surface area contributed by atoms with E-state index in [1.807, 2.05) is 6.92 Å². The van der Waals surface area contributed by atoms with Gasteiger partial charge in [0.1, 0.15) is 10.6 Å². The topological polar surface area (TPSA) is 38.3 Å². The van der Waals surface area contributed by atoms with Crippen LogP contribution < -0.4 is 10.1 Å². The van der Waals surface area contributed by atoms with Gasteiger partial charge in [-0.25, -0.2) is 0 Å². The lowest BCUT2D eigenvalue weighted by molar-refractivity contribution is -0.117. The average Bonchev–Trinajstić information content (AvgIpc) is 2.20. The Morgan fingerprint density at radius 3 is 2.38 bits per heavy atom. The Balaban J connectivity index is 2.65. The molecule has 1 aromatic rings. The van der Waals surface area contributed by atoms with Crippen LogP contribution in [0.3, 0.4) is 0 Å². The van der Waals surface area contributed by atoms with Gasteiger partial charge >= 0.3 is 0 Å². The summed E-state index contributed by atoms with van der Waals surface area (Å²) >= 11 is 5.88. The molecule has 0 aliphatic heterocycles. The zero-order valence-corrected chi connectivity index (χ0v) is 10.5. The molecule has 0 aliphatic carbocycles. The Kier molecular flexibility index (Phi) is 4.19. The summed E-state index contributed by atoms with van der Waals surface area (Å²) < 4.78 is 5.29. The van der Waals surface area contributed by atoms with E-state index in [-0.39, 0.29) is 5.91 Å². The highest BCUT2D eigenvalue weighted by molar-refractivity contribution is 6.35. The van der Waals surface area contributed by atoms with Crippen LogP contribution in [0.15, 0.2) is 24.3 Å². The summed E-state index contributed by atoms with van der Waals surface area (Å²) in [5.41, 5.74) is 0.710. The Morgan fingerprint density at radius 1 is 1.38 bits per heavy atom. The molecule has 1 N–H and O–H groups in total. The van der Waals surface area contributed by atoms with Gasteiger partial charge in [0.2, 0.25) is 5.91 Å². The Bertz CT molecular complexity index is 354. The molecule has 0 radical (unpaired) electrons. The third-order valence-electron chi connectivity index (χ3n) is 1.96. The number of benzene rings is 1. The maximum absolute atomic E-state index is 11.6. The smallest absolute Gasteiger partial charge is 0.244 e. The SMILES string of the molecule is CCOc1ccc(NC(=O)C(C)(C)Cl)cc1. The first kappa shape index (κ1) is 12.8. The van der Waals surface area contributed by atoms with Crippen LogP contribution in [-0.2, 0) is 4.79 Å². The number of ether oxygens (including phenoxy) is 1. The molecule has 0 aliphatic rings. The average molecular weight is 242 g/mol. The van der Waals surface area contributed by atoms with Gasteiger partial charge in [0.05, 0.1) is 6.61 Å². The van der Waals surface area contributed by atoms with Crippen LogP contribution in [0.4, 0.5) is 5.69 Å². The summed E-state index contributed by atoms with van der Waals surface area (Å²) in [6.07, 6.45) is 0. The van der Waals surface area contributed by atoms with Crippen molar-refractivity contribution < 1.29 is 9.53 Å². The van der Waals surface area contributed by atoms with E-state index in [0.29, 0.717) is 12.3 Å². The van der Waals surface area contributed by atoms with E-state index in [1.54, 1.807) is 38.1 Å². The molecule has 0 saturated heterocycles. The predicted molar refractivity (Wildman–Crippen MR) is 66.2 cm³/mol. The molecule has 0 bridgehead atoms. The van der Waals surface area contributed by atoms with Crippen LogP contribution in [0.1, 0.15) is 20.8 Å². The lowest BCUT2D eigenvalue weighted by atomic mass is 10.2. The maximum Gasteiger partial charge on any atom is 0.244 e. The van der Waals surface area contributed by atoms with Crippen molar-refractivity contribution >= 4 is 23.2 Å². The minimum atomic E-state index is -0.904. The fourth-order valence-corrected chi connectivity index (χ4v) is 1.13. The van der Waals surface area contributed by atoms with Crippen molar-refractivity contribution in [3.8, 4) is 5.75 Å². The van der Waals surface area contributed by atoms with Crippen LogP contribution >= 0.6 is 11.6 Å². The van der Waals surface area contributed by atoms with Gasteiger partial charge in [-0.1, -0.05) is 0 Å². The van der Waals surface area contributed by atoms with E-state index in [9.17, 15) is 4.79 Å². The van der Waals surface area contributed by atoms with Crippen molar-refractivity contribution in [1.29, 1.82) is 0 Å². The van der Waals surface area contributed by atoms with Crippen molar-refractivity contribution in [2.24, 2.45) is 0 Å². The fourth-order valence-electron chi connectivity index (χ4n) is 1.08. The van der Waals surface area contributed by atoms with E-state index >= 15 is 0 Å². The molecule has 1 rings (SSSR count). The van der Waals surface area contributed by atoms with Crippen molar-refractivity contribution in [2.75, 3.05) is 11.9 Å². The van der Waals surface area contributed by atoms with Gasteiger partial charge in [-0.15, -0.1) is 11.6 Å². The van der Waals surface area contributed by atoms with Crippen molar-refractivity contribution in [3.63, 3.8) is 0 Å². The number of hydrogen-bond donors (Lipinski definition) is 1. The first-order valence-corrected chi connectivity index (χ1v) is 5.54. The number of nitrogens with one attached hydrogen (secondary N) is 1. The summed E-state index contributed by atoms with van der Waals surface area (Å²) in [5.74, 6) is 0.559. The summed E-state index contributed by atoms with van der Waals surface area (Å²) in [7, 11) is 0. The van der Waals surface area contributed by atoms with Crippen LogP contribution in [-0.4, -0.2) is 17.4 Å². The largest absolute Gasteiger partial charge is 0.494 e. The molecule has 0 heterocycles. The Hall–Kier alpha value is -1.22. The minimum Gasteiger partial charge on any atom is -0.494 e. The van der Waals surface area contributed by atoms with Gasteiger partial charge in [0.25, 0.3) is 0 Å². The molecule has 3 nitrogen and oxygen atoms in total. The van der Waals surface area contributed by atoms with Gasteiger partial charge in [-0.05, 0) is 45.0 Å². The molecule has 88 valence electrons. The van der Waals surface area contributed by atoms with Crippen molar-refractivity contribution in [2.45, 2.75) is 25.6 Å². The van der Waals surface area contributed by atoms with Gasteiger partial charge in [0, 0.05) is 5.69 Å². The van der Waals surface area contributed by atoms with Gasteiger partial charge in [-0.2, -0.15) is 0 Å². The summed E-state index contributed by atoms with van der Waals surface area (Å²) in [6.45, 7) is 5.85. The highest BCUT2D eigenvalue weighted by Crippen LogP contribution is 2.19. The standard InChI is InChI=1S/C12H16ClNO2/c1-4-16-10-7-5-9(6-8-10)14-11(15)12(2,3)13/h5-8H,4H2,1-3H3,(H,14,15). The number of rotatable bonds is 4. The van der Waals surface area contributed by atoms with Crippen molar-refractivity contribution in [3.05, 3.63) is 24.3 Å².